The maximum Gasteiger partial charge on any atom is 0.0722 e. The van der Waals surface area contributed by atoms with Crippen molar-refractivity contribution in [3.8, 4) is 11.8 Å². The van der Waals surface area contributed by atoms with Crippen LogP contribution in [0.4, 0.5) is 0 Å². The number of pyridine rings is 1. The largest absolute Gasteiger partial charge is 0.316 e. The van der Waals surface area contributed by atoms with E-state index in [1.165, 1.54) is 0 Å². The van der Waals surface area contributed by atoms with E-state index in [9.17, 15) is 0 Å². The van der Waals surface area contributed by atoms with E-state index in [4.69, 9.17) is 5.73 Å². The van der Waals surface area contributed by atoms with Gasteiger partial charge in [0.2, 0.25) is 0 Å². The van der Waals surface area contributed by atoms with Gasteiger partial charge in [-0.2, -0.15) is 0 Å². The summed E-state index contributed by atoms with van der Waals surface area (Å²) in [6.07, 6.45) is 3.52. The van der Waals surface area contributed by atoms with Crippen molar-refractivity contribution in [1.82, 2.24) is 4.98 Å². The molecule has 0 aliphatic rings. The molecule has 2 heteroatoms. The van der Waals surface area contributed by atoms with E-state index in [1.807, 2.05) is 26.8 Å². The Kier molecular flexibility index (Phi) is 2.69. The second-order valence-corrected chi connectivity index (χ2v) is 3.66. The van der Waals surface area contributed by atoms with Gasteiger partial charge in [0.25, 0.3) is 0 Å². The normalized spacial score (nSPS) is 10.5. The molecule has 1 rings (SSSR count). The maximum absolute atomic E-state index is 5.74. The first-order valence-corrected chi connectivity index (χ1v) is 4.22. The number of hydrogen-bond acceptors (Lipinski definition) is 2. The van der Waals surface area contributed by atoms with Gasteiger partial charge in [-0.05, 0) is 32.4 Å². The van der Waals surface area contributed by atoms with Crippen molar-refractivity contribution in [1.29, 1.82) is 0 Å². The van der Waals surface area contributed by atoms with Gasteiger partial charge < -0.3 is 5.73 Å². The molecule has 1 aromatic heterocycles. The highest BCUT2D eigenvalue weighted by Crippen LogP contribution is 2.03. The van der Waals surface area contributed by atoms with Crippen LogP contribution >= 0.6 is 0 Å². The zero-order chi connectivity index (χ0) is 9.90. The highest BCUT2D eigenvalue weighted by atomic mass is 14.7. The van der Waals surface area contributed by atoms with Crippen LogP contribution < -0.4 is 5.73 Å². The molecule has 68 valence electrons. The molecule has 1 heterocycles. The standard InChI is InChI=1S/C11H14N2/c1-9-5-7-13-8-10(9)4-6-11(2,3)12/h5,7-8H,12H2,1-3H3. The van der Waals surface area contributed by atoms with Crippen molar-refractivity contribution in [2.45, 2.75) is 26.3 Å². The number of aryl methyl sites for hydroxylation is 1. The molecule has 0 aliphatic carbocycles. The molecule has 1 aromatic rings. The second kappa shape index (κ2) is 3.59. The van der Waals surface area contributed by atoms with Gasteiger partial charge in [0.05, 0.1) is 5.54 Å². The Morgan fingerprint density at radius 2 is 2.15 bits per heavy atom. The highest BCUT2D eigenvalue weighted by Gasteiger charge is 2.03. The summed E-state index contributed by atoms with van der Waals surface area (Å²) >= 11 is 0. The SMILES string of the molecule is Cc1ccncc1C#CC(C)(C)N. The van der Waals surface area contributed by atoms with Crippen molar-refractivity contribution < 1.29 is 0 Å². The van der Waals surface area contributed by atoms with Gasteiger partial charge in [0, 0.05) is 18.0 Å². The molecular formula is C11H14N2. The minimum Gasteiger partial charge on any atom is -0.316 e. The fourth-order valence-corrected chi connectivity index (χ4v) is 0.823. The van der Waals surface area contributed by atoms with E-state index in [0.717, 1.165) is 11.1 Å². The quantitative estimate of drug-likeness (QED) is 0.605. The van der Waals surface area contributed by atoms with Crippen LogP contribution in [0.5, 0.6) is 0 Å². The molecule has 2 N–H and O–H groups in total. The van der Waals surface area contributed by atoms with Crippen LogP contribution in [0.2, 0.25) is 0 Å². The predicted molar refractivity (Wildman–Crippen MR) is 54.1 cm³/mol. The number of nitrogens with zero attached hydrogens (tertiary/aromatic N) is 1. The lowest BCUT2D eigenvalue weighted by Crippen LogP contribution is -2.29. The van der Waals surface area contributed by atoms with Gasteiger partial charge in [0.15, 0.2) is 0 Å². The summed E-state index contributed by atoms with van der Waals surface area (Å²) in [5, 5.41) is 0. The molecule has 0 bridgehead atoms. The zero-order valence-electron chi connectivity index (χ0n) is 8.26. The molecule has 0 aliphatic heterocycles. The summed E-state index contributed by atoms with van der Waals surface area (Å²) in [5.41, 5.74) is 7.37. The average Bonchev–Trinajstić information content (AvgIpc) is 2.01. The van der Waals surface area contributed by atoms with Crippen LogP contribution in [0.15, 0.2) is 18.5 Å². The lowest BCUT2D eigenvalue weighted by atomic mass is 10.1. The zero-order valence-corrected chi connectivity index (χ0v) is 8.26. The van der Waals surface area contributed by atoms with Crippen molar-refractivity contribution in [3.05, 3.63) is 29.6 Å². The molecule has 0 atom stereocenters. The van der Waals surface area contributed by atoms with Crippen LogP contribution in [0, 0.1) is 18.8 Å². The fourth-order valence-electron chi connectivity index (χ4n) is 0.823. The van der Waals surface area contributed by atoms with Crippen LogP contribution in [0.1, 0.15) is 25.0 Å². The molecule has 0 fully saturated rings. The Balaban J connectivity index is 2.97. The summed E-state index contributed by atoms with van der Waals surface area (Å²) in [6.45, 7) is 5.77. The number of aromatic nitrogens is 1. The van der Waals surface area contributed by atoms with Gasteiger partial charge >= 0.3 is 0 Å². The van der Waals surface area contributed by atoms with Crippen LogP contribution in [-0.4, -0.2) is 10.5 Å². The summed E-state index contributed by atoms with van der Waals surface area (Å²) in [4.78, 5) is 4.00. The Morgan fingerprint density at radius 1 is 1.46 bits per heavy atom. The maximum atomic E-state index is 5.74. The minimum atomic E-state index is -0.442. The predicted octanol–water partition coefficient (Wildman–Crippen LogP) is 1.48. The Morgan fingerprint density at radius 3 is 2.69 bits per heavy atom. The molecule has 0 unspecified atom stereocenters. The number of rotatable bonds is 0. The van der Waals surface area contributed by atoms with E-state index >= 15 is 0 Å². The van der Waals surface area contributed by atoms with Gasteiger partial charge in [-0.1, -0.05) is 11.8 Å². The minimum absolute atomic E-state index is 0.442. The molecular weight excluding hydrogens is 160 g/mol. The van der Waals surface area contributed by atoms with Crippen molar-refractivity contribution in [2.24, 2.45) is 5.73 Å². The summed E-state index contributed by atoms with van der Waals surface area (Å²) < 4.78 is 0. The third kappa shape index (κ3) is 3.27. The summed E-state index contributed by atoms with van der Waals surface area (Å²) in [5.74, 6) is 5.98. The summed E-state index contributed by atoms with van der Waals surface area (Å²) in [7, 11) is 0. The first kappa shape index (κ1) is 9.76. The van der Waals surface area contributed by atoms with Crippen molar-refractivity contribution in [3.63, 3.8) is 0 Å². The Hall–Kier alpha value is -1.33. The summed E-state index contributed by atoms with van der Waals surface area (Å²) in [6, 6.07) is 1.94. The number of hydrogen-bond donors (Lipinski definition) is 1. The highest BCUT2D eigenvalue weighted by molar-refractivity contribution is 5.39. The first-order valence-electron chi connectivity index (χ1n) is 4.22. The monoisotopic (exact) mass is 174 g/mol. The van der Waals surface area contributed by atoms with E-state index in [2.05, 4.69) is 16.8 Å². The van der Waals surface area contributed by atoms with Gasteiger partial charge in [-0.3, -0.25) is 4.98 Å². The first-order chi connectivity index (χ1) is 5.99. The van der Waals surface area contributed by atoms with E-state index in [1.54, 1.807) is 12.4 Å². The molecule has 0 aromatic carbocycles. The molecule has 0 saturated carbocycles. The Bertz CT molecular complexity index is 350. The van der Waals surface area contributed by atoms with E-state index in [0.29, 0.717) is 0 Å². The fraction of sp³-hybridized carbons (Fsp3) is 0.364. The van der Waals surface area contributed by atoms with Gasteiger partial charge in [-0.15, -0.1) is 0 Å². The van der Waals surface area contributed by atoms with E-state index < -0.39 is 5.54 Å². The molecule has 0 amide bonds. The second-order valence-electron chi connectivity index (χ2n) is 3.66. The lowest BCUT2D eigenvalue weighted by Gasteiger charge is -2.07. The molecule has 0 spiro atoms. The third-order valence-corrected chi connectivity index (χ3v) is 1.56. The number of nitrogens with two attached hydrogens (primary N) is 1. The van der Waals surface area contributed by atoms with Crippen LogP contribution in [-0.2, 0) is 0 Å². The van der Waals surface area contributed by atoms with Gasteiger partial charge in [0.1, 0.15) is 0 Å². The van der Waals surface area contributed by atoms with Crippen LogP contribution in [0.3, 0.4) is 0 Å². The van der Waals surface area contributed by atoms with Crippen molar-refractivity contribution >= 4 is 0 Å². The van der Waals surface area contributed by atoms with Gasteiger partial charge in [-0.25, -0.2) is 0 Å². The Labute approximate surface area is 79.2 Å². The average molecular weight is 174 g/mol. The topological polar surface area (TPSA) is 38.9 Å². The molecule has 2 nitrogen and oxygen atoms in total. The van der Waals surface area contributed by atoms with Crippen LogP contribution in [0.25, 0.3) is 0 Å². The third-order valence-electron chi connectivity index (χ3n) is 1.56. The lowest BCUT2D eigenvalue weighted by molar-refractivity contribution is 0.680. The molecule has 0 saturated heterocycles. The van der Waals surface area contributed by atoms with E-state index in [-0.39, 0.29) is 0 Å². The molecule has 13 heavy (non-hydrogen) atoms. The molecule has 0 radical (unpaired) electrons. The smallest absolute Gasteiger partial charge is 0.0722 e. The van der Waals surface area contributed by atoms with Crippen molar-refractivity contribution in [2.75, 3.05) is 0 Å².